The van der Waals surface area contributed by atoms with Gasteiger partial charge in [-0.1, -0.05) is 6.92 Å². The second-order valence-corrected chi connectivity index (χ2v) is 2.34. The number of nitrogens with zero attached hydrogens (tertiary/aromatic N) is 1. The van der Waals surface area contributed by atoms with E-state index in [4.69, 9.17) is 0 Å². The van der Waals surface area contributed by atoms with Gasteiger partial charge in [0.1, 0.15) is 0 Å². The molecule has 0 N–H and O–H groups in total. The van der Waals surface area contributed by atoms with Gasteiger partial charge in [-0.15, -0.1) is 0 Å². The van der Waals surface area contributed by atoms with Crippen molar-refractivity contribution in [1.82, 2.24) is 4.90 Å². The van der Waals surface area contributed by atoms with Crippen molar-refractivity contribution in [2.45, 2.75) is 26.3 Å². The van der Waals surface area contributed by atoms with E-state index in [0.717, 1.165) is 6.42 Å². The van der Waals surface area contributed by atoms with Gasteiger partial charge in [0, 0.05) is 13.1 Å². The van der Waals surface area contributed by atoms with Crippen LogP contribution in [0, 0.1) is 0 Å². The molecule has 0 spiro atoms. The van der Waals surface area contributed by atoms with Gasteiger partial charge in [0.25, 0.3) is 0 Å². The fourth-order valence-corrected chi connectivity index (χ4v) is 0.598. The molecule has 0 aromatic rings. The van der Waals surface area contributed by atoms with E-state index in [-0.39, 0.29) is 12.1 Å². The fraction of sp³-hybridized carbons (Fsp3) is 0.857. The Labute approximate surface area is 62.0 Å². The summed E-state index contributed by atoms with van der Waals surface area (Å²) in [5, 5.41) is 0. The minimum atomic E-state index is -0.269. The Morgan fingerprint density at radius 1 is 1.70 bits per heavy atom. The van der Waals surface area contributed by atoms with E-state index in [1.54, 1.807) is 11.9 Å². The van der Waals surface area contributed by atoms with E-state index < -0.39 is 0 Å². The molecule has 0 fully saturated rings. The molecular weight excluding hydrogens is 130 g/mol. The molecule has 0 saturated carbocycles. The first kappa shape index (κ1) is 9.27. The summed E-state index contributed by atoms with van der Waals surface area (Å²) in [6.07, 6.45) is 0.681. The minimum absolute atomic E-state index is 0.257. The topological polar surface area (TPSA) is 29.5 Å². The van der Waals surface area contributed by atoms with Crippen LogP contribution in [-0.2, 0) is 4.74 Å². The van der Waals surface area contributed by atoms with Gasteiger partial charge in [-0.2, -0.15) is 0 Å². The number of hydrogen-bond donors (Lipinski definition) is 0. The Morgan fingerprint density at radius 2 is 2.20 bits per heavy atom. The standard InChI is InChI=1S/C7H15NO2/c1-5-6(2)8(3)7(9)10-4/h6H,5H2,1-4H3. The zero-order valence-electron chi connectivity index (χ0n) is 7.05. The zero-order valence-corrected chi connectivity index (χ0v) is 7.05. The predicted molar refractivity (Wildman–Crippen MR) is 39.9 cm³/mol. The molecule has 60 valence electrons. The van der Waals surface area contributed by atoms with Crippen LogP contribution in [0.3, 0.4) is 0 Å². The molecule has 0 aliphatic carbocycles. The van der Waals surface area contributed by atoms with E-state index in [1.165, 1.54) is 7.11 Å². The highest BCUT2D eigenvalue weighted by molar-refractivity contribution is 5.67. The maximum absolute atomic E-state index is 10.8. The first-order valence-electron chi connectivity index (χ1n) is 3.44. The van der Waals surface area contributed by atoms with Gasteiger partial charge in [0.15, 0.2) is 0 Å². The van der Waals surface area contributed by atoms with E-state index in [2.05, 4.69) is 4.74 Å². The molecular formula is C7H15NO2. The highest BCUT2D eigenvalue weighted by Crippen LogP contribution is 2.00. The summed E-state index contributed by atoms with van der Waals surface area (Å²) in [4.78, 5) is 12.4. The van der Waals surface area contributed by atoms with Crippen LogP contribution in [0.4, 0.5) is 4.79 Å². The number of rotatable bonds is 2. The van der Waals surface area contributed by atoms with E-state index in [1.807, 2.05) is 13.8 Å². The summed E-state index contributed by atoms with van der Waals surface area (Å²) >= 11 is 0. The fourth-order valence-electron chi connectivity index (χ4n) is 0.598. The normalized spacial score (nSPS) is 12.4. The SMILES string of the molecule is CCC(C)N(C)C(=O)OC. The number of hydrogen-bond acceptors (Lipinski definition) is 2. The molecule has 10 heavy (non-hydrogen) atoms. The Morgan fingerprint density at radius 3 is 2.50 bits per heavy atom. The Balaban J connectivity index is 3.81. The summed E-state index contributed by atoms with van der Waals surface area (Å²) in [6.45, 7) is 4.01. The summed E-state index contributed by atoms with van der Waals surface area (Å²) < 4.78 is 4.52. The van der Waals surface area contributed by atoms with E-state index in [0.29, 0.717) is 0 Å². The van der Waals surface area contributed by atoms with Crippen molar-refractivity contribution >= 4 is 6.09 Å². The van der Waals surface area contributed by atoms with Crippen LogP contribution in [0.2, 0.25) is 0 Å². The molecule has 0 aromatic heterocycles. The number of methoxy groups -OCH3 is 1. The molecule has 0 heterocycles. The van der Waals surface area contributed by atoms with Crippen molar-refractivity contribution in [3.05, 3.63) is 0 Å². The van der Waals surface area contributed by atoms with Gasteiger partial charge in [0.2, 0.25) is 0 Å². The number of amides is 1. The molecule has 1 amide bonds. The summed E-state index contributed by atoms with van der Waals surface area (Å²) in [6, 6.07) is 0.257. The minimum Gasteiger partial charge on any atom is -0.453 e. The van der Waals surface area contributed by atoms with Crippen LogP contribution in [0.1, 0.15) is 20.3 Å². The Bertz CT molecular complexity index is 114. The second-order valence-electron chi connectivity index (χ2n) is 2.34. The monoisotopic (exact) mass is 145 g/mol. The van der Waals surface area contributed by atoms with Crippen molar-refractivity contribution in [3.63, 3.8) is 0 Å². The number of ether oxygens (including phenoxy) is 1. The summed E-state index contributed by atoms with van der Waals surface area (Å²) in [5.74, 6) is 0. The van der Waals surface area contributed by atoms with Crippen LogP contribution in [-0.4, -0.2) is 31.2 Å². The lowest BCUT2D eigenvalue weighted by molar-refractivity contribution is 0.119. The maximum Gasteiger partial charge on any atom is 0.409 e. The zero-order chi connectivity index (χ0) is 8.15. The van der Waals surface area contributed by atoms with Gasteiger partial charge < -0.3 is 9.64 Å². The molecule has 0 bridgehead atoms. The Kier molecular flexibility index (Phi) is 3.84. The molecule has 0 aliphatic rings. The van der Waals surface area contributed by atoms with E-state index in [9.17, 15) is 4.79 Å². The molecule has 1 unspecified atom stereocenters. The van der Waals surface area contributed by atoms with Crippen molar-refractivity contribution in [3.8, 4) is 0 Å². The largest absolute Gasteiger partial charge is 0.453 e. The lowest BCUT2D eigenvalue weighted by Gasteiger charge is -2.21. The molecule has 0 rings (SSSR count). The smallest absolute Gasteiger partial charge is 0.409 e. The van der Waals surface area contributed by atoms with Crippen LogP contribution in [0.15, 0.2) is 0 Å². The van der Waals surface area contributed by atoms with Crippen LogP contribution >= 0.6 is 0 Å². The molecule has 0 aromatic carbocycles. The summed E-state index contributed by atoms with van der Waals surface area (Å²) in [5.41, 5.74) is 0. The third kappa shape index (κ3) is 2.25. The lowest BCUT2D eigenvalue weighted by atomic mass is 10.2. The van der Waals surface area contributed by atoms with Crippen molar-refractivity contribution in [1.29, 1.82) is 0 Å². The van der Waals surface area contributed by atoms with Crippen molar-refractivity contribution < 1.29 is 9.53 Å². The average molecular weight is 145 g/mol. The molecule has 0 aliphatic heterocycles. The average Bonchev–Trinajstić information content (AvgIpc) is 2.00. The van der Waals surface area contributed by atoms with Crippen LogP contribution in [0.25, 0.3) is 0 Å². The molecule has 3 heteroatoms. The number of carbonyl (C=O) groups excluding carboxylic acids is 1. The van der Waals surface area contributed by atoms with Gasteiger partial charge in [-0.25, -0.2) is 4.79 Å². The van der Waals surface area contributed by atoms with Gasteiger partial charge >= 0.3 is 6.09 Å². The molecule has 1 atom stereocenters. The van der Waals surface area contributed by atoms with Gasteiger partial charge in [0.05, 0.1) is 7.11 Å². The molecule has 3 nitrogen and oxygen atoms in total. The summed E-state index contributed by atoms with van der Waals surface area (Å²) in [7, 11) is 3.13. The number of carbonyl (C=O) groups is 1. The molecule has 0 radical (unpaired) electrons. The first-order valence-corrected chi connectivity index (χ1v) is 3.44. The predicted octanol–water partition coefficient (Wildman–Crippen LogP) is 1.48. The van der Waals surface area contributed by atoms with Gasteiger partial charge in [-0.05, 0) is 13.3 Å². The van der Waals surface area contributed by atoms with E-state index >= 15 is 0 Å². The second kappa shape index (κ2) is 4.14. The lowest BCUT2D eigenvalue weighted by Crippen LogP contribution is -2.34. The van der Waals surface area contributed by atoms with Crippen molar-refractivity contribution in [2.24, 2.45) is 0 Å². The first-order chi connectivity index (χ1) is 4.63. The third-order valence-electron chi connectivity index (χ3n) is 1.71. The quantitative estimate of drug-likeness (QED) is 0.589. The third-order valence-corrected chi connectivity index (χ3v) is 1.71. The Hall–Kier alpha value is -0.730. The van der Waals surface area contributed by atoms with Gasteiger partial charge in [-0.3, -0.25) is 0 Å². The van der Waals surface area contributed by atoms with Crippen LogP contribution < -0.4 is 0 Å². The molecule has 0 saturated heterocycles. The van der Waals surface area contributed by atoms with Crippen LogP contribution in [0.5, 0.6) is 0 Å². The maximum atomic E-state index is 10.8. The highest BCUT2D eigenvalue weighted by atomic mass is 16.5. The highest BCUT2D eigenvalue weighted by Gasteiger charge is 2.12. The van der Waals surface area contributed by atoms with Crippen molar-refractivity contribution in [2.75, 3.05) is 14.2 Å².